The lowest BCUT2D eigenvalue weighted by Gasteiger charge is -2.28. The molecule has 100 valence electrons. The maximum atomic E-state index is 10.9. The van der Waals surface area contributed by atoms with E-state index in [-0.39, 0.29) is 0 Å². The zero-order chi connectivity index (χ0) is 13.3. The van der Waals surface area contributed by atoms with Crippen LogP contribution in [0.5, 0.6) is 0 Å². The summed E-state index contributed by atoms with van der Waals surface area (Å²) >= 11 is 1.57. The van der Waals surface area contributed by atoms with Gasteiger partial charge >= 0.3 is 5.97 Å². The lowest BCUT2D eigenvalue weighted by molar-refractivity contribution is -0.139. The van der Waals surface area contributed by atoms with Gasteiger partial charge in [-0.15, -0.1) is 11.8 Å². The number of imidazole rings is 1. The fourth-order valence-corrected chi connectivity index (χ4v) is 2.80. The van der Waals surface area contributed by atoms with Gasteiger partial charge in [0.2, 0.25) is 0 Å². The first-order chi connectivity index (χ1) is 8.42. The van der Waals surface area contributed by atoms with Gasteiger partial charge in [0, 0.05) is 28.4 Å². The van der Waals surface area contributed by atoms with Crippen molar-refractivity contribution in [1.82, 2.24) is 9.55 Å². The Morgan fingerprint density at radius 2 is 2.39 bits per heavy atom. The van der Waals surface area contributed by atoms with Crippen molar-refractivity contribution in [1.29, 1.82) is 0 Å². The van der Waals surface area contributed by atoms with Crippen LogP contribution in [0.25, 0.3) is 0 Å². The number of aliphatic carboxylic acids is 1. The van der Waals surface area contributed by atoms with Gasteiger partial charge in [0.05, 0.1) is 6.33 Å². The SMILES string of the molecule is CC(C)(SCc1cncn1C1CC1)[C@@H](N)C(=O)O. The van der Waals surface area contributed by atoms with E-state index in [1.807, 2.05) is 26.4 Å². The van der Waals surface area contributed by atoms with E-state index in [1.54, 1.807) is 11.8 Å². The van der Waals surface area contributed by atoms with Crippen molar-refractivity contribution in [2.75, 3.05) is 0 Å². The predicted octanol–water partition coefficient (Wildman–Crippen LogP) is 1.64. The van der Waals surface area contributed by atoms with Crippen LogP contribution in [-0.2, 0) is 10.5 Å². The molecule has 1 aliphatic rings. The van der Waals surface area contributed by atoms with E-state index in [0.29, 0.717) is 6.04 Å². The molecule has 3 N–H and O–H groups in total. The molecule has 1 saturated carbocycles. The summed E-state index contributed by atoms with van der Waals surface area (Å²) in [6.45, 7) is 3.74. The summed E-state index contributed by atoms with van der Waals surface area (Å²) in [6.07, 6.45) is 6.14. The number of carboxylic acid groups (broad SMARTS) is 1. The topological polar surface area (TPSA) is 81.1 Å². The van der Waals surface area contributed by atoms with Crippen molar-refractivity contribution >= 4 is 17.7 Å². The molecule has 0 aliphatic heterocycles. The summed E-state index contributed by atoms with van der Waals surface area (Å²) in [5.41, 5.74) is 6.85. The molecule has 2 rings (SSSR count). The molecule has 1 heterocycles. The van der Waals surface area contributed by atoms with Gasteiger partial charge in [-0.1, -0.05) is 0 Å². The molecule has 1 aromatic rings. The van der Waals surface area contributed by atoms with E-state index >= 15 is 0 Å². The molecule has 0 saturated heterocycles. The van der Waals surface area contributed by atoms with Gasteiger partial charge in [-0.2, -0.15) is 0 Å². The fourth-order valence-electron chi connectivity index (χ4n) is 1.77. The third-order valence-corrected chi connectivity index (χ3v) is 4.73. The molecule has 0 unspecified atom stereocenters. The Balaban J connectivity index is 1.98. The molecule has 1 aliphatic carbocycles. The van der Waals surface area contributed by atoms with E-state index < -0.39 is 16.8 Å². The van der Waals surface area contributed by atoms with Gasteiger partial charge in [0.15, 0.2) is 0 Å². The second-order valence-corrected chi connectivity index (χ2v) is 6.86. The summed E-state index contributed by atoms with van der Waals surface area (Å²) in [5.74, 6) is -0.215. The van der Waals surface area contributed by atoms with E-state index in [9.17, 15) is 4.79 Å². The van der Waals surface area contributed by atoms with Gasteiger partial charge in [-0.05, 0) is 26.7 Å². The van der Waals surface area contributed by atoms with Gasteiger partial charge in [-0.25, -0.2) is 4.98 Å². The molecule has 1 fully saturated rings. The molecule has 0 amide bonds. The number of aromatic nitrogens is 2. The Hall–Kier alpha value is -1.01. The molecule has 0 spiro atoms. The maximum absolute atomic E-state index is 10.9. The summed E-state index contributed by atoms with van der Waals surface area (Å²) in [7, 11) is 0. The molecule has 1 aromatic heterocycles. The number of carbonyl (C=O) groups is 1. The van der Waals surface area contributed by atoms with Crippen LogP contribution in [0.1, 0.15) is 38.4 Å². The van der Waals surface area contributed by atoms with Crippen LogP contribution in [0.15, 0.2) is 12.5 Å². The molecule has 0 aromatic carbocycles. The van der Waals surface area contributed by atoms with E-state index in [4.69, 9.17) is 10.8 Å². The number of hydrogen-bond acceptors (Lipinski definition) is 4. The Labute approximate surface area is 111 Å². The summed E-state index contributed by atoms with van der Waals surface area (Å²) in [4.78, 5) is 15.1. The van der Waals surface area contributed by atoms with Crippen LogP contribution >= 0.6 is 11.8 Å². The second kappa shape index (κ2) is 4.93. The Morgan fingerprint density at radius 1 is 1.72 bits per heavy atom. The fraction of sp³-hybridized carbons (Fsp3) is 0.667. The van der Waals surface area contributed by atoms with Crippen LogP contribution < -0.4 is 5.73 Å². The van der Waals surface area contributed by atoms with E-state index in [2.05, 4.69) is 9.55 Å². The van der Waals surface area contributed by atoms with Crippen molar-refractivity contribution in [3.05, 3.63) is 18.2 Å². The van der Waals surface area contributed by atoms with Crippen molar-refractivity contribution < 1.29 is 9.90 Å². The minimum absolute atomic E-state index is 0.496. The van der Waals surface area contributed by atoms with Crippen LogP contribution in [0.2, 0.25) is 0 Å². The summed E-state index contributed by atoms with van der Waals surface area (Å²) < 4.78 is 1.69. The molecule has 18 heavy (non-hydrogen) atoms. The summed E-state index contributed by atoms with van der Waals surface area (Å²) in [5, 5.41) is 8.97. The van der Waals surface area contributed by atoms with Gasteiger partial charge in [0.25, 0.3) is 0 Å². The first-order valence-corrected chi connectivity index (χ1v) is 7.03. The van der Waals surface area contributed by atoms with Crippen molar-refractivity contribution in [3.8, 4) is 0 Å². The van der Waals surface area contributed by atoms with Crippen LogP contribution in [0.3, 0.4) is 0 Å². The minimum Gasteiger partial charge on any atom is -0.480 e. The zero-order valence-electron chi connectivity index (χ0n) is 10.7. The maximum Gasteiger partial charge on any atom is 0.321 e. The standard InChI is InChI=1S/C12H19N3O2S/c1-12(2,10(13)11(16)17)18-6-9-5-14-7-15(9)8-3-4-8/h5,7-8,10H,3-4,6,13H2,1-2H3,(H,16,17)/t10-/m0/s1. The van der Waals surface area contributed by atoms with E-state index in [0.717, 1.165) is 11.4 Å². The number of hydrogen-bond donors (Lipinski definition) is 2. The van der Waals surface area contributed by atoms with Crippen molar-refractivity contribution in [3.63, 3.8) is 0 Å². The van der Waals surface area contributed by atoms with Gasteiger partial charge in [0.1, 0.15) is 6.04 Å². The largest absolute Gasteiger partial charge is 0.480 e. The minimum atomic E-state index is -0.955. The first kappa shape index (κ1) is 13.4. The summed E-state index contributed by atoms with van der Waals surface area (Å²) in [6, 6.07) is -0.265. The number of thioether (sulfide) groups is 1. The highest BCUT2D eigenvalue weighted by Gasteiger charge is 2.33. The lowest BCUT2D eigenvalue weighted by atomic mass is 10.1. The highest BCUT2D eigenvalue weighted by molar-refractivity contribution is 7.99. The predicted molar refractivity (Wildman–Crippen MR) is 71.5 cm³/mol. The molecular formula is C12H19N3O2S. The third-order valence-electron chi connectivity index (χ3n) is 3.29. The third kappa shape index (κ3) is 2.87. The van der Waals surface area contributed by atoms with Crippen LogP contribution in [0.4, 0.5) is 0 Å². The normalized spacial score (nSPS) is 17.7. The zero-order valence-corrected chi connectivity index (χ0v) is 11.5. The molecular weight excluding hydrogens is 250 g/mol. The Kier molecular flexibility index (Phi) is 3.68. The van der Waals surface area contributed by atoms with Crippen molar-refractivity contribution in [2.45, 2.75) is 49.3 Å². The molecule has 0 bridgehead atoms. The Bertz CT molecular complexity index is 440. The average molecular weight is 269 g/mol. The number of carboxylic acids is 1. The smallest absolute Gasteiger partial charge is 0.321 e. The number of rotatable bonds is 6. The molecule has 0 radical (unpaired) electrons. The number of nitrogens with zero attached hydrogens (tertiary/aromatic N) is 2. The first-order valence-electron chi connectivity index (χ1n) is 6.05. The van der Waals surface area contributed by atoms with E-state index in [1.165, 1.54) is 12.8 Å². The second-order valence-electron chi connectivity index (χ2n) is 5.23. The quantitative estimate of drug-likeness (QED) is 0.820. The lowest BCUT2D eigenvalue weighted by Crippen LogP contribution is -2.46. The monoisotopic (exact) mass is 269 g/mol. The van der Waals surface area contributed by atoms with Gasteiger partial charge in [-0.3, -0.25) is 4.79 Å². The highest BCUT2D eigenvalue weighted by Crippen LogP contribution is 2.37. The van der Waals surface area contributed by atoms with Crippen molar-refractivity contribution in [2.24, 2.45) is 5.73 Å². The Morgan fingerprint density at radius 3 is 2.94 bits per heavy atom. The van der Waals surface area contributed by atoms with Crippen LogP contribution in [0, 0.1) is 0 Å². The highest BCUT2D eigenvalue weighted by atomic mass is 32.2. The van der Waals surface area contributed by atoms with Gasteiger partial charge < -0.3 is 15.4 Å². The average Bonchev–Trinajstić information content (AvgIpc) is 3.04. The molecule has 6 heteroatoms. The molecule has 5 nitrogen and oxygen atoms in total. The van der Waals surface area contributed by atoms with Crippen LogP contribution in [-0.4, -0.2) is 31.4 Å². The number of nitrogens with two attached hydrogens (primary N) is 1. The molecule has 1 atom stereocenters.